The first-order valence-corrected chi connectivity index (χ1v) is 8.38. The monoisotopic (exact) mass is 383 g/mol. The maximum Gasteiger partial charge on any atom is 0.270 e. The highest BCUT2D eigenvalue weighted by molar-refractivity contribution is 6.36. The predicted molar refractivity (Wildman–Crippen MR) is 101 cm³/mol. The van der Waals surface area contributed by atoms with Crippen molar-refractivity contribution < 1.29 is 4.79 Å². The Morgan fingerprint density at radius 2 is 1.77 bits per heavy atom. The van der Waals surface area contributed by atoms with Crippen molar-refractivity contribution in [3.05, 3.63) is 76.8 Å². The van der Waals surface area contributed by atoms with Crippen molar-refractivity contribution in [2.45, 2.75) is 0 Å². The molecule has 8 heteroatoms. The average Bonchev–Trinajstić information content (AvgIpc) is 3.13. The Labute approximate surface area is 158 Å². The Balaban J connectivity index is 1.87. The number of rotatable bonds is 3. The Morgan fingerprint density at radius 1 is 1.00 bits per heavy atom. The topological polar surface area (TPSA) is 72.7 Å². The van der Waals surface area contributed by atoms with Crippen molar-refractivity contribution >= 4 is 40.0 Å². The second-order valence-corrected chi connectivity index (χ2v) is 6.35. The van der Waals surface area contributed by atoms with Crippen LogP contribution in [-0.4, -0.2) is 25.8 Å². The van der Waals surface area contributed by atoms with Gasteiger partial charge in [-0.3, -0.25) is 10.2 Å². The molecule has 0 spiro atoms. The SMILES string of the molecule is O=C(Nn1cnnc1)c1cc(-c2ccc(Cl)cc2Cl)nc2ccccc12. The third kappa shape index (κ3) is 3.12. The van der Waals surface area contributed by atoms with Gasteiger partial charge in [-0.1, -0.05) is 41.4 Å². The number of halogens is 2. The van der Waals surface area contributed by atoms with Crippen molar-refractivity contribution in [1.29, 1.82) is 0 Å². The van der Waals surface area contributed by atoms with Gasteiger partial charge in [0.2, 0.25) is 0 Å². The molecule has 4 rings (SSSR count). The quantitative estimate of drug-likeness (QED) is 0.575. The number of benzene rings is 2. The fraction of sp³-hybridized carbons (Fsp3) is 0. The highest BCUT2D eigenvalue weighted by Crippen LogP contribution is 2.31. The molecule has 0 aliphatic heterocycles. The molecule has 2 heterocycles. The zero-order valence-electron chi connectivity index (χ0n) is 13.2. The van der Waals surface area contributed by atoms with Gasteiger partial charge in [0.15, 0.2) is 0 Å². The van der Waals surface area contributed by atoms with Crippen LogP contribution < -0.4 is 5.43 Å². The van der Waals surface area contributed by atoms with Gasteiger partial charge < -0.3 is 0 Å². The highest BCUT2D eigenvalue weighted by atomic mass is 35.5. The lowest BCUT2D eigenvalue weighted by molar-refractivity contribution is 0.101. The van der Waals surface area contributed by atoms with Crippen LogP contribution in [0.3, 0.4) is 0 Å². The predicted octanol–water partition coefficient (Wildman–Crippen LogP) is 4.18. The van der Waals surface area contributed by atoms with Gasteiger partial charge >= 0.3 is 0 Å². The van der Waals surface area contributed by atoms with E-state index in [9.17, 15) is 4.79 Å². The van der Waals surface area contributed by atoms with Gasteiger partial charge in [-0.05, 0) is 30.3 Å². The lowest BCUT2D eigenvalue weighted by atomic mass is 10.0. The number of hydrogen-bond donors (Lipinski definition) is 1. The normalized spacial score (nSPS) is 10.8. The number of pyridine rings is 1. The van der Waals surface area contributed by atoms with E-state index in [0.717, 1.165) is 5.39 Å². The van der Waals surface area contributed by atoms with Crippen LogP contribution in [0.25, 0.3) is 22.2 Å². The maximum absolute atomic E-state index is 12.8. The number of amides is 1. The van der Waals surface area contributed by atoms with E-state index in [0.29, 0.717) is 32.4 Å². The molecule has 2 aromatic carbocycles. The van der Waals surface area contributed by atoms with Gasteiger partial charge in [-0.2, -0.15) is 0 Å². The van der Waals surface area contributed by atoms with E-state index < -0.39 is 0 Å². The maximum atomic E-state index is 12.8. The summed E-state index contributed by atoms with van der Waals surface area (Å²) in [4.78, 5) is 17.4. The molecule has 0 radical (unpaired) electrons. The molecule has 0 fully saturated rings. The van der Waals surface area contributed by atoms with E-state index in [1.165, 1.54) is 17.3 Å². The molecule has 0 unspecified atom stereocenters. The summed E-state index contributed by atoms with van der Waals surface area (Å²) >= 11 is 12.3. The average molecular weight is 384 g/mol. The molecule has 0 saturated carbocycles. The zero-order valence-corrected chi connectivity index (χ0v) is 14.7. The van der Waals surface area contributed by atoms with E-state index in [2.05, 4.69) is 20.6 Å². The molecule has 0 aliphatic carbocycles. The number of para-hydroxylation sites is 1. The highest BCUT2D eigenvalue weighted by Gasteiger charge is 2.15. The van der Waals surface area contributed by atoms with Gasteiger partial charge in [-0.15, -0.1) is 10.2 Å². The number of nitrogens with zero attached hydrogens (tertiary/aromatic N) is 4. The number of nitrogens with one attached hydrogen (secondary N) is 1. The fourth-order valence-corrected chi connectivity index (χ4v) is 3.14. The molecular weight excluding hydrogens is 373 g/mol. The molecule has 26 heavy (non-hydrogen) atoms. The molecule has 0 saturated heterocycles. The third-order valence-electron chi connectivity index (χ3n) is 3.82. The first-order chi connectivity index (χ1) is 12.6. The van der Waals surface area contributed by atoms with E-state index in [4.69, 9.17) is 23.2 Å². The Morgan fingerprint density at radius 3 is 2.54 bits per heavy atom. The zero-order chi connectivity index (χ0) is 18.1. The Bertz CT molecular complexity index is 1110. The summed E-state index contributed by atoms with van der Waals surface area (Å²) in [6.07, 6.45) is 2.80. The van der Waals surface area contributed by atoms with E-state index in [-0.39, 0.29) is 5.91 Å². The molecule has 4 aromatic rings. The van der Waals surface area contributed by atoms with Crippen molar-refractivity contribution in [3.63, 3.8) is 0 Å². The molecule has 0 aliphatic rings. The van der Waals surface area contributed by atoms with Crippen LogP contribution in [0.2, 0.25) is 10.0 Å². The number of aromatic nitrogens is 4. The summed E-state index contributed by atoms with van der Waals surface area (Å²) in [5.74, 6) is -0.310. The summed E-state index contributed by atoms with van der Waals surface area (Å²) < 4.78 is 1.38. The smallest absolute Gasteiger partial charge is 0.267 e. The second-order valence-electron chi connectivity index (χ2n) is 5.51. The van der Waals surface area contributed by atoms with Crippen molar-refractivity contribution in [2.75, 3.05) is 5.43 Å². The molecule has 2 aromatic heterocycles. The molecule has 0 atom stereocenters. The lowest BCUT2D eigenvalue weighted by Crippen LogP contribution is -2.22. The van der Waals surface area contributed by atoms with Gasteiger partial charge in [0, 0.05) is 16.0 Å². The summed E-state index contributed by atoms with van der Waals surface area (Å²) in [6.45, 7) is 0. The van der Waals surface area contributed by atoms with Crippen molar-refractivity contribution in [2.24, 2.45) is 0 Å². The molecular formula is C18H11Cl2N5O. The number of hydrogen-bond acceptors (Lipinski definition) is 4. The second kappa shape index (κ2) is 6.74. The van der Waals surface area contributed by atoms with Crippen molar-refractivity contribution in [1.82, 2.24) is 19.9 Å². The van der Waals surface area contributed by atoms with Crippen LogP contribution in [-0.2, 0) is 0 Å². The van der Waals surface area contributed by atoms with Gasteiger partial charge in [0.05, 0.1) is 21.8 Å². The Hall–Kier alpha value is -2.96. The van der Waals surface area contributed by atoms with Gasteiger partial charge in [0.25, 0.3) is 5.91 Å². The standard InChI is InChI=1S/C18H11Cl2N5O/c19-11-5-6-13(15(20)7-11)17-8-14(12-3-1-2-4-16(12)23-17)18(26)24-25-9-21-22-10-25/h1-10H,(H,24,26). The molecule has 128 valence electrons. The largest absolute Gasteiger partial charge is 0.270 e. The Kier molecular flexibility index (Phi) is 4.28. The molecule has 6 nitrogen and oxygen atoms in total. The van der Waals surface area contributed by atoms with Gasteiger partial charge in [-0.25, -0.2) is 9.66 Å². The summed E-state index contributed by atoms with van der Waals surface area (Å²) in [5.41, 5.74) is 5.13. The minimum Gasteiger partial charge on any atom is -0.267 e. The van der Waals surface area contributed by atoms with E-state index in [1.807, 2.05) is 24.3 Å². The number of carbonyl (C=O) groups excluding carboxylic acids is 1. The molecule has 1 amide bonds. The van der Waals surface area contributed by atoms with Crippen LogP contribution in [0.4, 0.5) is 0 Å². The minimum absolute atomic E-state index is 0.310. The van der Waals surface area contributed by atoms with E-state index in [1.54, 1.807) is 24.3 Å². The minimum atomic E-state index is -0.310. The third-order valence-corrected chi connectivity index (χ3v) is 4.37. The molecule has 1 N–H and O–H groups in total. The van der Waals surface area contributed by atoms with Crippen LogP contribution in [0, 0.1) is 0 Å². The van der Waals surface area contributed by atoms with Crippen LogP contribution in [0.1, 0.15) is 10.4 Å². The fourth-order valence-electron chi connectivity index (χ4n) is 2.63. The first-order valence-electron chi connectivity index (χ1n) is 7.63. The summed E-state index contributed by atoms with van der Waals surface area (Å²) in [6, 6.07) is 14.3. The van der Waals surface area contributed by atoms with Gasteiger partial charge in [0.1, 0.15) is 12.7 Å². The molecule has 0 bridgehead atoms. The van der Waals surface area contributed by atoms with Crippen LogP contribution in [0.5, 0.6) is 0 Å². The first kappa shape index (κ1) is 16.5. The van der Waals surface area contributed by atoms with E-state index >= 15 is 0 Å². The number of fused-ring (bicyclic) bond motifs is 1. The number of carbonyl (C=O) groups is 1. The van der Waals surface area contributed by atoms with Crippen molar-refractivity contribution in [3.8, 4) is 11.3 Å². The summed E-state index contributed by atoms with van der Waals surface area (Å²) in [5, 5.41) is 9.07. The summed E-state index contributed by atoms with van der Waals surface area (Å²) in [7, 11) is 0. The lowest BCUT2D eigenvalue weighted by Gasteiger charge is -2.11. The van der Waals surface area contributed by atoms with Crippen LogP contribution in [0.15, 0.2) is 61.2 Å². The van der Waals surface area contributed by atoms with Crippen LogP contribution >= 0.6 is 23.2 Å².